The van der Waals surface area contributed by atoms with E-state index in [-0.39, 0.29) is 0 Å². The smallest absolute Gasteiger partial charge is 0.164 e. The predicted molar refractivity (Wildman–Crippen MR) is 281 cm³/mol. The van der Waals surface area contributed by atoms with Crippen LogP contribution in [0.3, 0.4) is 0 Å². The Morgan fingerprint density at radius 2 is 0.618 bits per heavy atom. The third-order valence-corrected chi connectivity index (χ3v) is 13.2. The fraction of sp³-hybridized carbons (Fsp3) is 0. The van der Waals surface area contributed by atoms with Crippen molar-refractivity contribution in [3.05, 3.63) is 249 Å². The molecule has 0 aliphatic heterocycles. The Morgan fingerprint density at radius 3 is 1.16 bits per heavy atom. The monoisotopic (exact) mass is 867 g/mol. The van der Waals surface area contributed by atoms with Crippen LogP contribution in [0, 0.1) is 0 Å². The maximum absolute atomic E-state index is 5.39. The van der Waals surface area contributed by atoms with E-state index in [1.807, 2.05) is 18.2 Å². The first-order valence-corrected chi connectivity index (χ1v) is 23.0. The van der Waals surface area contributed by atoms with Crippen molar-refractivity contribution < 1.29 is 0 Å². The highest BCUT2D eigenvalue weighted by Crippen LogP contribution is 2.41. The summed E-state index contributed by atoms with van der Waals surface area (Å²) in [7, 11) is 0. The molecule has 0 saturated heterocycles. The molecule has 0 spiro atoms. The average molecular weight is 868 g/mol. The van der Waals surface area contributed by atoms with Crippen molar-refractivity contribution in [1.29, 1.82) is 0 Å². The van der Waals surface area contributed by atoms with Gasteiger partial charge in [0.25, 0.3) is 0 Å². The minimum absolute atomic E-state index is 0.591. The zero-order chi connectivity index (χ0) is 45.0. The van der Waals surface area contributed by atoms with Gasteiger partial charge in [0.1, 0.15) is 0 Å². The van der Waals surface area contributed by atoms with E-state index in [0.29, 0.717) is 17.5 Å². The lowest BCUT2D eigenvalue weighted by Gasteiger charge is -2.17. The number of nitrogens with zero attached hydrogens (tertiary/aromatic N) is 5. The summed E-state index contributed by atoms with van der Waals surface area (Å²) in [5, 5.41) is 4.83. The third kappa shape index (κ3) is 6.68. The van der Waals surface area contributed by atoms with E-state index in [0.717, 1.165) is 77.9 Å². The van der Waals surface area contributed by atoms with Crippen LogP contribution in [0.1, 0.15) is 0 Å². The molecular weight excluding hydrogens is 827 g/mol. The van der Waals surface area contributed by atoms with Crippen LogP contribution >= 0.6 is 0 Å². The largest absolute Gasteiger partial charge is 0.309 e. The van der Waals surface area contributed by atoms with Crippen LogP contribution in [0.5, 0.6) is 0 Å². The first-order chi connectivity index (χ1) is 33.7. The molecule has 0 fully saturated rings. The lowest BCUT2D eigenvalue weighted by Crippen LogP contribution is -2.03. The van der Waals surface area contributed by atoms with Crippen molar-refractivity contribution in [3.8, 4) is 78.9 Å². The summed E-state index contributed by atoms with van der Waals surface area (Å²) in [5.74, 6) is 1.79. The zero-order valence-corrected chi connectivity index (χ0v) is 36.9. The van der Waals surface area contributed by atoms with Gasteiger partial charge in [-0.05, 0) is 76.9 Å². The molecule has 0 aliphatic rings. The maximum Gasteiger partial charge on any atom is 0.164 e. The highest BCUT2D eigenvalue weighted by Gasteiger charge is 2.21. The van der Waals surface area contributed by atoms with Crippen LogP contribution < -0.4 is 0 Å². The van der Waals surface area contributed by atoms with Gasteiger partial charge in [-0.2, -0.15) is 0 Å². The summed E-state index contributed by atoms with van der Waals surface area (Å²) >= 11 is 0. The Balaban J connectivity index is 1.04. The zero-order valence-electron chi connectivity index (χ0n) is 36.9. The van der Waals surface area contributed by atoms with Crippen molar-refractivity contribution in [2.45, 2.75) is 0 Å². The third-order valence-electron chi connectivity index (χ3n) is 13.2. The summed E-state index contributed by atoms with van der Waals surface area (Å²) in [6, 6.07) is 88.2. The van der Waals surface area contributed by atoms with Gasteiger partial charge in [-0.1, -0.05) is 194 Å². The van der Waals surface area contributed by atoms with Crippen LogP contribution in [0.2, 0.25) is 0 Å². The van der Waals surface area contributed by atoms with Gasteiger partial charge in [-0.3, -0.25) is 0 Å². The van der Waals surface area contributed by atoms with Gasteiger partial charge in [-0.25, -0.2) is 15.0 Å². The number of hydrogen-bond acceptors (Lipinski definition) is 3. The van der Waals surface area contributed by atoms with Crippen molar-refractivity contribution in [2.75, 3.05) is 0 Å². The molecular formula is C63H41N5. The number of hydrogen-bond donors (Lipinski definition) is 0. The lowest BCUT2D eigenvalue weighted by atomic mass is 9.96. The number of aromatic nitrogens is 5. The van der Waals surface area contributed by atoms with Gasteiger partial charge in [0.05, 0.1) is 33.4 Å². The second kappa shape index (κ2) is 16.4. The average Bonchev–Trinajstić information content (AvgIpc) is 3.94. The summed E-state index contributed by atoms with van der Waals surface area (Å²) in [6.07, 6.45) is 0. The summed E-state index contributed by atoms with van der Waals surface area (Å²) in [5.41, 5.74) is 16.1. The van der Waals surface area contributed by atoms with Gasteiger partial charge < -0.3 is 9.13 Å². The van der Waals surface area contributed by atoms with E-state index in [4.69, 9.17) is 15.0 Å². The highest BCUT2D eigenvalue weighted by molar-refractivity contribution is 6.11. The molecule has 0 saturated carbocycles. The molecule has 0 unspecified atom stereocenters. The quantitative estimate of drug-likeness (QED) is 0.153. The standard InChI is InChI=1S/C63H41N5/c1-4-19-42(20-5-1)45-25-18-26-46(39-45)49-37-35-48(41-60(49)68-57-33-16-12-29-52(57)53-30-13-17-34-58(53)68)63-65-61(44-23-8-3-9-24-44)64-62(66-63)47-36-38-59(54(40-47)43-21-6-2-7-22-43)67-55-31-14-10-27-50(55)51-28-11-15-32-56(51)67/h1-41H. The van der Waals surface area contributed by atoms with Gasteiger partial charge >= 0.3 is 0 Å². The molecule has 5 nitrogen and oxygen atoms in total. The molecule has 0 N–H and O–H groups in total. The lowest BCUT2D eigenvalue weighted by molar-refractivity contribution is 1.07. The molecule has 13 rings (SSSR count). The molecule has 3 heterocycles. The minimum Gasteiger partial charge on any atom is -0.309 e. The van der Waals surface area contributed by atoms with Crippen LogP contribution in [-0.4, -0.2) is 24.1 Å². The Hall–Kier alpha value is -9.19. The Morgan fingerprint density at radius 1 is 0.221 bits per heavy atom. The number of para-hydroxylation sites is 4. The van der Waals surface area contributed by atoms with Crippen molar-refractivity contribution in [1.82, 2.24) is 24.1 Å². The SMILES string of the molecule is c1ccc(-c2cccc(-c3ccc(-c4nc(-c5ccccc5)nc(-c5ccc(-n6c7ccccc7c7ccccc76)c(-c6ccccc6)c5)n4)cc3-n3c4ccccc4c4ccccc43)c2)cc1. The number of rotatable bonds is 8. The molecule has 318 valence electrons. The van der Waals surface area contributed by atoms with E-state index in [1.54, 1.807) is 0 Å². The van der Waals surface area contributed by atoms with E-state index in [1.165, 1.54) is 27.1 Å². The van der Waals surface area contributed by atoms with E-state index in [2.05, 4.69) is 240 Å². The van der Waals surface area contributed by atoms with E-state index >= 15 is 0 Å². The molecule has 0 aliphatic carbocycles. The minimum atomic E-state index is 0.591. The molecule has 0 bridgehead atoms. The second-order valence-corrected chi connectivity index (χ2v) is 17.2. The Kier molecular flexibility index (Phi) is 9.43. The van der Waals surface area contributed by atoms with Gasteiger partial charge in [0, 0.05) is 49.4 Å². The summed E-state index contributed by atoms with van der Waals surface area (Å²) in [6.45, 7) is 0. The van der Waals surface area contributed by atoms with Crippen molar-refractivity contribution in [2.24, 2.45) is 0 Å². The molecule has 10 aromatic carbocycles. The summed E-state index contributed by atoms with van der Waals surface area (Å²) < 4.78 is 4.79. The van der Waals surface area contributed by atoms with E-state index in [9.17, 15) is 0 Å². The van der Waals surface area contributed by atoms with Gasteiger partial charge in [0.15, 0.2) is 17.5 Å². The first kappa shape index (κ1) is 39.2. The van der Waals surface area contributed by atoms with Crippen LogP contribution in [0.4, 0.5) is 0 Å². The molecule has 5 heteroatoms. The molecule has 0 amide bonds. The highest BCUT2D eigenvalue weighted by atomic mass is 15.0. The molecule has 3 aromatic heterocycles. The first-order valence-electron chi connectivity index (χ1n) is 23.0. The maximum atomic E-state index is 5.39. The predicted octanol–water partition coefficient (Wildman–Crippen LogP) is 16.1. The normalized spacial score (nSPS) is 11.5. The van der Waals surface area contributed by atoms with Crippen LogP contribution in [0.15, 0.2) is 249 Å². The summed E-state index contributed by atoms with van der Waals surface area (Å²) in [4.78, 5) is 15.9. The Bertz CT molecular complexity index is 3910. The van der Waals surface area contributed by atoms with Crippen molar-refractivity contribution in [3.63, 3.8) is 0 Å². The number of benzene rings is 10. The fourth-order valence-corrected chi connectivity index (χ4v) is 10.0. The topological polar surface area (TPSA) is 48.5 Å². The molecule has 0 atom stereocenters. The van der Waals surface area contributed by atoms with Gasteiger partial charge in [-0.15, -0.1) is 0 Å². The molecule has 68 heavy (non-hydrogen) atoms. The van der Waals surface area contributed by atoms with Crippen LogP contribution in [-0.2, 0) is 0 Å². The van der Waals surface area contributed by atoms with Crippen LogP contribution in [0.25, 0.3) is 123 Å². The fourth-order valence-electron chi connectivity index (χ4n) is 10.0. The van der Waals surface area contributed by atoms with Crippen molar-refractivity contribution >= 4 is 43.6 Å². The van der Waals surface area contributed by atoms with Gasteiger partial charge in [0.2, 0.25) is 0 Å². The number of fused-ring (bicyclic) bond motifs is 6. The second-order valence-electron chi connectivity index (χ2n) is 17.2. The van der Waals surface area contributed by atoms with E-state index < -0.39 is 0 Å². The Labute approximate surface area is 393 Å². The molecule has 0 radical (unpaired) electrons. The molecule has 13 aromatic rings.